The third-order valence-electron chi connectivity index (χ3n) is 7.72. The second kappa shape index (κ2) is 11.5. The zero-order valence-electron chi connectivity index (χ0n) is 21.0. The molecule has 2 saturated carbocycles. The minimum Gasteiger partial charge on any atom is -0.236 e. The van der Waals surface area contributed by atoms with Crippen LogP contribution >= 0.6 is 11.3 Å². The lowest BCUT2D eigenvalue weighted by Gasteiger charge is -2.20. The van der Waals surface area contributed by atoms with Crippen molar-refractivity contribution in [3.05, 3.63) is 70.3 Å². The molecule has 1 aromatic carbocycles. The van der Waals surface area contributed by atoms with Crippen molar-refractivity contribution in [1.82, 2.24) is 4.98 Å². The van der Waals surface area contributed by atoms with Gasteiger partial charge >= 0.3 is 0 Å². The summed E-state index contributed by atoms with van der Waals surface area (Å²) < 4.78 is 0. The number of aryl methyl sites for hydroxylation is 1. The fraction of sp³-hybridized carbons (Fsp3) is 0.516. The summed E-state index contributed by atoms with van der Waals surface area (Å²) in [6.07, 6.45) is 18.2. The molecule has 1 unspecified atom stereocenters. The maximum Gasteiger partial charge on any atom is 0.124 e. The molecule has 2 heteroatoms. The molecular weight excluding hydrogens is 418 g/mol. The van der Waals surface area contributed by atoms with Gasteiger partial charge in [-0.05, 0) is 50.3 Å². The van der Waals surface area contributed by atoms with Crippen LogP contribution in [-0.2, 0) is 0 Å². The first-order valence-corrected chi connectivity index (χ1v) is 14.0. The van der Waals surface area contributed by atoms with E-state index < -0.39 is 0 Å². The number of hydrogen-bond donors (Lipinski definition) is 0. The SMILES string of the molecule is C1CCCCC1.C=C(C)C1=C(C)C(CC2CCCC2)C(c2csc(-c3ccc(C)cc3)n2)=C1. The van der Waals surface area contributed by atoms with Crippen molar-refractivity contribution >= 4 is 16.9 Å². The van der Waals surface area contributed by atoms with Crippen LogP contribution in [0.5, 0.6) is 0 Å². The van der Waals surface area contributed by atoms with E-state index in [0.29, 0.717) is 5.92 Å². The molecule has 0 radical (unpaired) electrons. The summed E-state index contributed by atoms with van der Waals surface area (Å²) in [7, 11) is 0. The van der Waals surface area contributed by atoms with Crippen molar-refractivity contribution in [2.45, 2.75) is 91.4 Å². The Morgan fingerprint density at radius 3 is 2.12 bits per heavy atom. The number of rotatable bonds is 5. The number of aromatic nitrogens is 1. The molecular formula is C31H41NS. The topological polar surface area (TPSA) is 12.9 Å². The molecule has 5 rings (SSSR count). The van der Waals surface area contributed by atoms with Gasteiger partial charge in [0.2, 0.25) is 0 Å². The highest BCUT2D eigenvalue weighted by atomic mass is 32.1. The molecule has 2 aromatic rings. The molecule has 1 atom stereocenters. The summed E-state index contributed by atoms with van der Waals surface area (Å²) in [6, 6.07) is 8.69. The summed E-state index contributed by atoms with van der Waals surface area (Å²) in [6.45, 7) is 10.8. The summed E-state index contributed by atoms with van der Waals surface area (Å²) in [5.74, 6) is 1.38. The van der Waals surface area contributed by atoms with E-state index in [0.717, 1.165) is 16.6 Å². The van der Waals surface area contributed by atoms with Crippen molar-refractivity contribution in [1.29, 1.82) is 0 Å². The average molecular weight is 460 g/mol. The van der Waals surface area contributed by atoms with Gasteiger partial charge in [-0.2, -0.15) is 0 Å². The van der Waals surface area contributed by atoms with Gasteiger partial charge < -0.3 is 0 Å². The van der Waals surface area contributed by atoms with Gasteiger partial charge in [-0.15, -0.1) is 11.3 Å². The molecule has 1 heterocycles. The number of nitrogens with zero attached hydrogens (tertiary/aromatic N) is 1. The van der Waals surface area contributed by atoms with Crippen LogP contribution in [0.2, 0.25) is 0 Å². The Morgan fingerprint density at radius 1 is 0.939 bits per heavy atom. The summed E-state index contributed by atoms with van der Waals surface area (Å²) in [4.78, 5) is 5.04. The molecule has 3 aliphatic carbocycles. The summed E-state index contributed by atoms with van der Waals surface area (Å²) in [5.41, 5.74) is 9.09. The highest BCUT2D eigenvalue weighted by Gasteiger charge is 2.31. The van der Waals surface area contributed by atoms with Crippen LogP contribution in [-0.4, -0.2) is 4.98 Å². The zero-order chi connectivity index (χ0) is 23.2. The van der Waals surface area contributed by atoms with Gasteiger partial charge in [-0.1, -0.05) is 112 Å². The lowest BCUT2D eigenvalue weighted by atomic mass is 9.84. The van der Waals surface area contributed by atoms with E-state index in [1.807, 2.05) is 0 Å². The molecule has 0 amide bonds. The second-order valence-corrected chi connectivity index (χ2v) is 11.3. The van der Waals surface area contributed by atoms with Gasteiger partial charge in [0.1, 0.15) is 5.01 Å². The maximum absolute atomic E-state index is 5.04. The number of allylic oxidation sites excluding steroid dienone is 5. The Morgan fingerprint density at radius 2 is 1.55 bits per heavy atom. The van der Waals surface area contributed by atoms with E-state index in [1.54, 1.807) is 11.3 Å². The monoisotopic (exact) mass is 459 g/mol. The molecule has 3 aliphatic rings. The van der Waals surface area contributed by atoms with E-state index >= 15 is 0 Å². The van der Waals surface area contributed by atoms with Gasteiger partial charge in [0.25, 0.3) is 0 Å². The minimum atomic E-state index is 0.507. The molecule has 1 nitrogen and oxygen atoms in total. The van der Waals surface area contributed by atoms with Crippen LogP contribution in [0.1, 0.15) is 95.7 Å². The fourth-order valence-corrected chi connectivity index (χ4v) is 6.52. The third kappa shape index (κ3) is 6.15. The fourth-order valence-electron chi connectivity index (χ4n) is 5.68. The van der Waals surface area contributed by atoms with Crippen molar-refractivity contribution in [2.24, 2.45) is 11.8 Å². The first-order chi connectivity index (χ1) is 16.0. The molecule has 0 aliphatic heterocycles. The lowest BCUT2D eigenvalue weighted by molar-refractivity contribution is 0.463. The minimum absolute atomic E-state index is 0.507. The molecule has 0 N–H and O–H groups in total. The second-order valence-electron chi connectivity index (χ2n) is 10.4. The quantitative estimate of drug-likeness (QED) is 0.433. The van der Waals surface area contributed by atoms with Crippen molar-refractivity contribution in [3.63, 3.8) is 0 Å². The van der Waals surface area contributed by atoms with Crippen molar-refractivity contribution < 1.29 is 0 Å². The van der Waals surface area contributed by atoms with Crippen LogP contribution in [0.3, 0.4) is 0 Å². The molecule has 2 fully saturated rings. The molecule has 1 aromatic heterocycles. The summed E-state index contributed by atoms with van der Waals surface area (Å²) in [5, 5.41) is 3.36. The largest absolute Gasteiger partial charge is 0.236 e. The Bertz CT molecular complexity index is 982. The van der Waals surface area contributed by atoms with Crippen LogP contribution in [0, 0.1) is 18.8 Å². The van der Waals surface area contributed by atoms with Gasteiger partial charge in [-0.25, -0.2) is 4.98 Å². The number of thiazole rings is 1. The summed E-state index contributed by atoms with van der Waals surface area (Å²) >= 11 is 1.76. The number of hydrogen-bond acceptors (Lipinski definition) is 2. The zero-order valence-corrected chi connectivity index (χ0v) is 21.8. The average Bonchev–Trinajstić information content (AvgIpc) is 3.58. The standard InChI is InChI=1S/C25H29NS.C6H12/c1-16(2)21-14-23(22(18(21)4)13-19-7-5-6-8-19)24-15-27-25(26-24)20-11-9-17(3)10-12-20;1-2-4-6-5-3-1/h9-12,14-15,19,22H,1,5-8,13H2,2-4H3;1-6H2. The first-order valence-electron chi connectivity index (χ1n) is 13.1. The predicted octanol–water partition coefficient (Wildman–Crippen LogP) is 9.95. The molecule has 176 valence electrons. The molecule has 0 spiro atoms. The van der Waals surface area contributed by atoms with Crippen LogP contribution in [0.15, 0.2) is 59.0 Å². The normalized spacial score (nSPS) is 21.1. The molecule has 0 saturated heterocycles. The predicted molar refractivity (Wildman–Crippen MR) is 146 cm³/mol. The Kier molecular flexibility index (Phi) is 8.41. The van der Waals surface area contributed by atoms with E-state index in [1.165, 1.54) is 104 Å². The highest BCUT2D eigenvalue weighted by molar-refractivity contribution is 7.13. The maximum atomic E-state index is 5.04. The van der Waals surface area contributed by atoms with Gasteiger partial charge in [-0.3, -0.25) is 0 Å². The van der Waals surface area contributed by atoms with Crippen LogP contribution in [0.25, 0.3) is 16.1 Å². The van der Waals surface area contributed by atoms with Crippen molar-refractivity contribution in [3.8, 4) is 10.6 Å². The van der Waals surface area contributed by atoms with E-state index in [4.69, 9.17) is 4.98 Å². The van der Waals surface area contributed by atoms with Crippen molar-refractivity contribution in [2.75, 3.05) is 0 Å². The Hall–Kier alpha value is -1.93. The van der Waals surface area contributed by atoms with Gasteiger partial charge in [0.05, 0.1) is 5.69 Å². The van der Waals surface area contributed by atoms with Gasteiger partial charge in [0.15, 0.2) is 0 Å². The van der Waals surface area contributed by atoms with Gasteiger partial charge in [0, 0.05) is 16.9 Å². The first kappa shape index (κ1) is 24.2. The van der Waals surface area contributed by atoms with Crippen LogP contribution in [0.4, 0.5) is 0 Å². The van der Waals surface area contributed by atoms with E-state index in [2.05, 4.69) is 63.1 Å². The van der Waals surface area contributed by atoms with Crippen LogP contribution < -0.4 is 0 Å². The lowest BCUT2D eigenvalue weighted by Crippen LogP contribution is -2.08. The Labute approximate surface area is 205 Å². The molecule has 33 heavy (non-hydrogen) atoms. The van der Waals surface area contributed by atoms with E-state index in [9.17, 15) is 0 Å². The third-order valence-corrected chi connectivity index (χ3v) is 8.62. The molecule has 0 bridgehead atoms. The highest BCUT2D eigenvalue weighted by Crippen LogP contribution is 2.46. The van der Waals surface area contributed by atoms with E-state index in [-0.39, 0.29) is 0 Å². The smallest absolute Gasteiger partial charge is 0.124 e. The Balaban J connectivity index is 0.000000376. The number of benzene rings is 1.